The van der Waals surface area contributed by atoms with Gasteiger partial charge in [-0.1, -0.05) is 18.2 Å². The summed E-state index contributed by atoms with van der Waals surface area (Å²) in [5.41, 5.74) is 2.61. The van der Waals surface area contributed by atoms with Gasteiger partial charge in [0.25, 0.3) is 0 Å². The van der Waals surface area contributed by atoms with Crippen molar-refractivity contribution in [3.8, 4) is 0 Å². The zero-order valence-corrected chi connectivity index (χ0v) is 7.39. The Morgan fingerprint density at radius 3 is 2.73 bits per heavy atom. The maximum Gasteiger partial charge on any atom is 0.0236 e. The average Bonchev–Trinajstić information content (AvgIpc) is 1.93. The summed E-state index contributed by atoms with van der Waals surface area (Å²) in [7, 11) is 4.14. The highest BCUT2D eigenvalue weighted by Crippen LogP contribution is 2.07. The van der Waals surface area contributed by atoms with E-state index in [2.05, 4.69) is 38.1 Å². The molecule has 0 spiro atoms. The normalized spacial score (nSPS) is 10.5. The molecule has 1 radical (unpaired) electrons. The molecule has 1 aromatic rings. The molecule has 0 atom stereocenters. The quantitative estimate of drug-likeness (QED) is 0.618. The molecule has 0 heterocycles. The predicted molar refractivity (Wildman–Crippen MR) is 47.4 cm³/mol. The van der Waals surface area contributed by atoms with Crippen LogP contribution in [0.4, 0.5) is 0 Å². The highest BCUT2D eigenvalue weighted by molar-refractivity contribution is 5.23. The molecule has 0 bridgehead atoms. The van der Waals surface area contributed by atoms with Gasteiger partial charge >= 0.3 is 0 Å². The minimum absolute atomic E-state index is 0.979. The van der Waals surface area contributed by atoms with Crippen molar-refractivity contribution in [2.45, 2.75) is 13.5 Å². The largest absolute Gasteiger partial charge is 0.305 e. The van der Waals surface area contributed by atoms with Gasteiger partial charge in [0.1, 0.15) is 0 Å². The summed E-state index contributed by atoms with van der Waals surface area (Å²) in [6.45, 7) is 3.10. The van der Waals surface area contributed by atoms with Crippen LogP contribution in [0, 0.1) is 13.0 Å². The molecule has 0 saturated heterocycles. The number of nitrogens with zero attached hydrogens (tertiary/aromatic N) is 1. The Kier molecular flexibility index (Phi) is 2.66. The lowest BCUT2D eigenvalue weighted by molar-refractivity contribution is 0.401. The molecule has 1 heteroatoms. The highest BCUT2D eigenvalue weighted by Gasteiger charge is 1.97. The van der Waals surface area contributed by atoms with Crippen molar-refractivity contribution in [1.29, 1.82) is 0 Å². The summed E-state index contributed by atoms with van der Waals surface area (Å²) < 4.78 is 0. The summed E-state index contributed by atoms with van der Waals surface area (Å²) in [6.07, 6.45) is 0. The van der Waals surface area contributed by atoms with Gasteiger partial charge in [0, 0.05) is 6.54 Å². The lowest BCUT2D eigenvalue weighted by atomic mass is 10.1. The summed E-state index contributed by atoms with van der Waals surface area (Å²) in [6, 6.07) is 9.33. The highest BCUT2D eigenvalue weighted by atomic mass is 15.0. The van der Waals surface area contributed by atoms with E-state index in [9.17, 15) is 0 Å². The van der Waals surface area contributed by atoms with Crippen LogP contribution in [0.15, 0.2) is 18.2 Å². The van der Waals surface area contributed by atoms with Crippen LogP contribution in [0.1, 0.15) is 11.1 Å². The van der Waals surface area contributed by atoms with E-state index in [0.29, 0.717) is 0 Å². The Morgan fingerprint density at radius 1 is 1.45 bits per heavy atom. The van der Waals surface area contributed by atoms with E-state index in [-0.39, 0.29) is 0 Å². The van der Waals surface area contributed by atoms with E-state index in [1.165, 1.54) is 11.1 Å². The summed E-state index contributed by atoms with van der Waals surface area (Å²) in [4.78, 5) is 2.15. The Balaban J connectivity index is 2.78. The first-order valence-corrected chi connectivity index (χ1v) is 3.81. The maximum absolute atomic E-state index is 3.23. The Morgan fingerprint density at radius 2 is 2.18 bits per heavy atom. The minimum atomic E-state index is 0.979. The lowest BCUT2D eigenvalue weighted by Gasteiger charge is -2.10. The average molecular weight is 148 g/mol. The second kappa shape index (κ2) is 3.54. The van der Waals surface area contributed by atoms with Crippen LogP contribution in [0.25, 0.3) is 0 Å². The van der Waals surface area contributed by atoms with Gasteiger partial charge in [0.05, 0.1) is 0 Å². The molecule has 0 unspecified atom stereocenters. The zero-order valence-electron chi connectivity index (χ0n) is 7.39. The van der Waals surface area contributed by atoms with Crippen molar-refractivity contribution in [3.63, 3.8) is 0 Å². The van der Waals surface area contributed by atoms with Gasteiger partial charge in [0.15, 0.2) is 0 Å². The van der Waals surface area contributed by atoms with E-state index >= 15 is 0 Å². The SMILES string of the molecule is Cc1ccc[c]c1CN(C)C. The van der Waals surface area contributed by atoms with Crippen LogP contribution in [-0.2, 0) is 6.54 Å². The fourth-order valence-corrected chi connectivity index (χ4v) is 1.04. The number of hydrogen-bond acceptors (Lipinski definition) is 1. The monoisotopic (exact) mass is 148 g/mol. The van der Waals surface area contributed by atoms with Crippen LogP contribution in [0.5, 0.6) is 0 Å². The third kappa shape index (κ3) is 2.35. The van der Waals surface area contributed by atoms with E-state index in [1.807, 2.05) is 12.1 Å². The smallest absolute Gasteiger partial charge is 0.0236 e. The Bertz CT molecular complexity index is 228. The fourth-order valence-electron chi connectivity index (χ4n) is 1.04. The fraction of sp³-hybridized carbons (Fsp3) is 0.400. The van der Waals surface area contributed by atoms with Gasteiger partial charge < -0.3 is 4.90 Å². The molecule has 11 heavy (non-hydrogen) atoms. The molecule has 0 aliphatic heterocycles. The molecular weight excluding hydrogens is 134 g/mol. The molecule has 0 saturated carbocycles. The van der Waals surface area contributed by atoms with Gasteiger partial charge in [-0.25, -0.2) is 0 Å². The molecule has 0 aromatic heterocycles. The molecule has 1 aromatic carbocycles. The molecule has 1 rings (SSSR count). The molecule has 0 amide bonds. The maximum atomic E-state index is 3.23. The van der Waals surface area contributed by atoms with Crippen LogP contribution in [0.2, 0.25) is 0 Å². The molecule has 0 fully saturated rings. The Labute approximate surface area is 68.7 Å². The summed E-state index contributed by atoms with van der Waals surface area (Å²) >= 11 is 0. The second-order valence-corrected chi connectivity index (χ2v) is 3.07. The zero-order chi connectivity index (χ0) is 8.27. The van der Waals surface area contributed by atoms with Gasteiger partial charge in [-0.3, -0.25) is 0 Å². The van der Waals surface area contributed by atoms with Crippen molar-refractivity contribution < 1.29 is 0 Å². The van der Waals surface area contributed by atoms with Crippen LogP contribution in [0.3, 0.4) is 0 Å². The molecule has 0 N–H and O–H groups in total. The van der Waals surface area contributed by atoms with Gasteiger partial charge in [-0.15, -0.1) is 0 Å². The van der Waals surface area contributed by atoms with Gasteiger partial charge in [-0.2, -0.15) is 0 Å². The summed E-state index contributed by atoms with van der Waals surface area (Å²) in [5.74, 6) is 0. The topological polar surface area (TPSA) is 3.24 Å². The van der Waals surface area contributed by atoms with Crippen LogP contribution in [-0.4, -0.2) is 19.0 Å². The van der Waals surface area contributed by atoms with E-state index in [4.69, 9.17) is 0 Å². The van der Waals surface area contributed by atoms with E-state index < -0.39 is 0 Å². The minimum Gasteiger partial charge on any atom is -0.305 e. The second-order valence-electron chi connectivity index (χ2n) is 3.07. The first-order chi connectivity index (χ1) is 5.20. The van der Waals surface area contributed by atoms with Crippen LogP contribution < -0.4 is 0 Å². The van der Waals surface area contributed by atoms with Gasteiger partial charge in [-0.05, 0) is 38.2 Å². The van der Waals surface area contributed by atoms with Crippen molar-refractivity contribution >= 4 is 0 Å². The van der Waals surface area contributed by atoms with Crippen molar-refractivity contribution in [2.75, 3.05) is 14.1 Å². The first kappa shape index (κ1) is 8.28. The predicted octanol–water partition coefficient (Wildman–Crippen LogP) is 1.86. The standard InChI is InChI=1S/C10H14N/c1-9-6-4-5-7-10(9)8-11(2)3/h4-6H,8H2,1-3H3. The van der Waals surface area contributed by atoms with Gasteiger partial charge in [0.2, 0.25) is 0 Å². The number of rotatable bonds is 2. The molecule has 0 aliphatic rings. The Hall–Kier alpha value is -0.820. The summed E-state index contributed by atoms with van der Waals surface area (Å²) in [5, 5.41) is 0. The molecule has 59 valence electrons. The molecular formula is C10H14N. The first-order valence-electron chi connectivity index (χ1n) is 3.81. The third-order valence-corrected chi connectivity index (χ3v) is 1.65. The van der Waals surface area contributed by atoms with Crippen molar-refractivity contribution in [2.24, 2.45) is 0 Å². The van der Waals surface area contributed by atoms with Crippen LogP contribution >= 0.6 is 0 Å². The molecule has 1 nitrogen and oxygen atoms in total. The number of aryl methyl sites for hydroxylation is 1. The van der Waals surface area contributed by atoms with Crippen molar-refractivity contribution in [1.82, 2.24) is 4.90 Å². The van der Waals surface area contributed by atoms with E-state index in [1.54, 1.807) is 0 Å². The number of hydrogen-bond donors (Lipinski definition) is 0. The van der Waals surface area contributed by atoms with Crippen molar-refractivity contribution in [3.05, 3.63) is 35.4 Å². The van der Waals surface area contributed by atoms with E-state index in [0.717, 1.165) is 6.54 Å². The lowest BCUT2D eigenvalue weighted by Crippen LogP contribution is -2.11. The molecule has 0 aliphatic carbocycles. The number of benzene rings is 1. The third-order valence-electron chi connectivity index (χ3n) is 1.65.